The summed E-state index contributed by atoms with van der Waals surface area (Å²) in [5.41, 5.74) is 2.38. The molecule has 0 amide bonds. The molecular formula is C19H20F3NO2. The standard InChI is InChI=1S/C19H20F3NO2/c1-24-18-8-11-5-6-23-17(13(11)9-19(18)25-2)4-3-12-7-15(21)16(22)10-14(12)20/h7-10,17,23H,3-6H2,1-2H3. The largest absolute Gasteiger partial charge is 0.493 e. The zero-order valence-electron chi connectivity index (χ0n) is 14.2. The van der Waals surface area contributed by atoms with Crippen LogP contribution in [-0.4, -0.2) is 20.8 Å². The lowest BCUT2D eigenvalue weighted by Crippen LogP contribution is -2.30. The molecule has 2 aromatic carbocycles. The van der Waals surface area contributed by atoms with Gasteiger partial charge in [0.05, 0.1) is 14.2 Å². The zero-order valence-corrected chi connectivity index (χ0v) is 14.2. The van der Waals surface area contributed by atoms with Crippen molar-refractivity contribution in [2.75, 3.05) is 20.8 Å². The van der Waals surface area contributed by atoms with E-state index in [9.17, 15) is 13.2 Å². The van der Waals surface area contributed by atoms with Gasteiger partial charge in [0.15, 0.2) is 23.1 Å². The number of aryl methyl sites for hydroxylation is 1. The van der Waals surface area contributed by atoms with Crippen molar-refractivity contribution in [2.24, 2.45) is 0 Å². The van der Waals surface area contributed by atoms with Gasteiger partial charge in [-0.25, -0.2) is 13.2 Å². The van der Waals surface area contributed by atoms with E-state index in [1.54, 1.807) is 14.2 Å². The molecule has 1 aliphatic rings. The predicted molar refractivity (Wildman–Crippen MR) is 88.6 cm³/mol. The van der Waals surface area contributed by atoms with Crippen molar-refractivity contribution in [2.45, 2.75) is 25.3 Å². The van der Waals surface area contributed by atoms with Crippen LogP contribution in [0.25, 0.3) is 0 Å². The van der Waals surface area contributed by atoms with Gasteiger partial charge in [0.1, 0.15) is 5.82 Å². The molecule has 3 rings (SSSR count). The Morgan fingerprint density at radius 2 is 1.64 bits per heavy atom. The lowest BCUT2D eigenvalue weighted by Gasteiger charge is -2.28. The number of hydrogen-bond acceptors (Lipinski definition) is 3. The van der Waals surface area contributed by atoms with E-state index in [1.807, 2.05) is 12.1 Å². The minimum absolute atomic E-state index is 0.0175. The van der Waals surface area contributed by atoms with Gasteiger partial charge in [-0.15, -0.1) is 0 Å². The maximum Gasteiger partial charge on any atom is 0.161 e. The fourth-order valence-corrected chi connectivity index (χ4v) is 3.28. The molecule has 1 aliphatic heterocycles. The van der Waals surface area contributed by atoms with Crippen LogP contribution >= 0.6 is 0 Å². The first kappa shape index (κ1) is 17.6. The molecule has 0 fully saturated rings. The average Bonchev–Trinajstić information content (AvgIpc) is 2.62. The summed E-state index contributed by atoms with van der Waals surface area (Å²) in [5, 5.41) is 3.39. The number of hydrogen-bond donors (Lipinski definition) is 1. The summed E-state index contributed by atoms with van der Waals surface area (Å²) in [4.78, 5) is 0. The van der Waals surface area contributed by atoms with Crippen LogP contribution in [0.2, 0.25) is 0 Å². The van der Waals surface area contributed by atoms with Crippen LogP contribution in [0.1, 0.15) is 29.2 Å². The maximum atomic E-state index is 13.8. The van der Waals surface area contributed by atoms with E-state index in [1.165, 1.54) is 0 Å². The SMILES string of the molecule is COc1cc2c(cc1OC)C(CCc1cc(F)c(F)cc1F)NCC2. The first-order valence-corrected chi connectivity index (χ1v) is 8.15. The molecular weight excluding hydrogens is 331 g/mol. The van der Waals surface area contributed by atoms with Gasteiger partial charge >= 0.3 is 0 Å². The normalized spacial score (nSPS) is 16.4. The lowest BCUT2D eigenvalue weighted by atomic mass is 9.90. The summed E-state index contributed by atoms with van der Waals surface area (Å²) >= 11 is 0. The molecule has 2 aromatic rings. The molecule has 0 radical (unpaired) electrons. The van der Waals surface area contributed by atoms with Crippen molar-refractivity contribution in [3.05, 3.63) is 58.4 Å². The number of ether oxygens (including phenoxy) is 2. The maximum absolute atomic E-state index is 13.8. The van der Waals surface area contributed by atoms with Crippen molar-refractivity contribution in [3.8, 4) is 11.5 Å². The Morgan fingerprint density at radius 3 is 2.36 bits per heavy atom. The summed E-state index contributed by atoms with van der Waals surface area (Å²) in [6.07, 6.45) is 1.71. The second-order valence-corrected chi connectivity index (χ2v) is 6.06. The Labute approximate surface area is 144 Å². The van der Waals surface area contributed by atoms with Gasteiger partial charge < -0.3 is 14.8 Å². The van der Waals surface area contributed by atoms with Crippen molar-refractivity contribution < 1.29 is 22.6 Å². The number of methoxy groups -OCH3 is 2. The van der Waals surface area contributed by atoms with Gasteiger partial charge in [-0.05, 0) is 60.7 Å². The van der Waals surface area contributed by atoms with Crippen LogP contribution in [-0.2, 0) is 12.8 Å². The van der Waals surface area contributed by atoms with Crippen LogP contribution in [0.4, 0.5) is 13.2 Å². The summed E-state index contributed by atoms with van der Waals surface area (Å²) in [6, 6.07) is 5.40. The molecule has 0 saturated heterocycles. The molecule has 134 valence electrons. The molecule has 0 aromatic heterocycles. The third-order valence-corrected chi connectivity index (χ3v) is 4.60. The molecule has 0 spiro atoms. The molecule has 1 unspecified atom stereocenters. The van der Waals surface area contributed by atoms with E-state index in [2.05, 4.69) is 5.32 Å². The summed E-state index contributed by atoms with van der Waals surface area (Å²) in [7, 11) is 3.17. The number of halogens is 3. The van der Waals surface area contributed by atoms with Crippen LogP contribution in [0, 0.1) is 17.5 Å². The van der Waals surface area contributed by atoms with Crippen molar-refractivity contribution >= 4 is 0 Å². The van der Waals surface area contributed by atoms with E-state index < -0.39 is 17.5 Å². The quantitative estimate of drug-likeness (QED) is 0.828. The van der Waals surface area contributed by atoms with Crippen LogP contribution in [0.3, 0.4) is 0 Å². The van der Waals surface area contributed by atoms with Gasteiger partial charge in [-0.3, -0.25) is 0 Å². The third kappa shape index (κ3) is 3.58. The minimum atomic E-state index is -1.17. The van der Waals surface area contributed by atoms with Gasteiger partial charge in [-0.2, -0.15) is 0 Å². The van der Waals surface area contributed by atoms with Gasteiger partial charge in [0.25, 0.3) is 0 Å². The Hall–Kier alpha value is -2.21. The summed E-state index contributed by atoms with van der Waals surface area (Å²) in [5.74, 6) is -1.61. The van der Waals surface area contributed by atoms with Gasteiger partial charge in [-0.1, -0.05) is 0 Å². The molecule has 1 N–H and O–H groups in total. The Bertz CT molecular complexity index is 780. The van der Waals surface area contributed by atoms with Crippen LogP contribution < -0.4 is 14.8 Å². The number of rotatable bonds is 5. The molecule has 25 heavy (non-hydrogen) atoms. The first-order valence-electron chi connectivity index (χ1n) is 8.15. The topological polar surface area (TPSA) is 30.5 Å². The molecule has 1 heterocycles. The molecule has 0 saturated carbocycles. The third-order valence-electron chi connectivity index (χ3n) is 4.60. The van der Waals surface area contributed by atoms with Gasteiger partial charge in [0, 0.05) is 12.1 Å². The van der Waals surface area contributed by atoms with Gasteiger partial charge in [0.2, 0.25) is 0 Å². The van der Waals surface area contributed by atoms with Crippen molar-refractivity contribution in [1.82, 2.24) is 5.32 Å². The minimum Gasteiger partial charge on any atom is -0.493 e. The average molecular weight is 351 g/mol. The fourth-order valence-electron chi connectivity index (χ4n) is 3.28. The predicted octanol–water partition coefficient (Wildman–Crippen LogP) is 3.94. The van der Waals surface area contributed by atoms with Crippen LogP contribution in [0.5, 0.6) is 11.5 Å². The molecule has 0 aliphatic carbocycles. The Kier molecular flexibility index (Phi) is 5.18. The molecule has 6 heteroatoms. The highest BCUT2D eigenvalue weighted by atomic mass is 19.2. The summed E-state index contributed by atoms with van der Waals surface area (Å²) < 4.78 is 50.9. The summed E-state index contributed by atoms with van der Waals surface area (Å²) in [6.45, 7) is 0.785. The monoisotopic (exact) mass is 351 g/mol. The fraction of sp³-hybridized carbons (Fsp3) is 0.368. The smallest absolute Gasteiger partial charge is 0.161 e. The zero-order chi connectivity index (χ0) is 18.0. The molecule has 0 bridgehead atoms. The lowest BCUT2D eigenvalue weighted by molar-refractivity contribution is 0.351. The highest BCUT2D eigenvalue weighted by Gasteiger charge is 2.23. The van der Waals surface area contributed by atoms with Crippen LogP contribution in [0.15, 0.2) is 24.3 Å². The Balaban J connectivity index is 1.83. The highest BCUT2D eigenvalue weighted by molar-refractivity contribution is 5.49. The second kappa shape index (κ2) is 7.35. The van der Waals surface area contributed by atoms with E-state index in [-0.39, 0.29) is 11.6 Å². The number of nitrogens with one attached hydrogen (secondary N) is 1. The number of fused-ring (bicyclic) bond motifs is 1. The molecule has 1 atom stereocenters. The van der Waals surface area contributed by atoms with E-state index in [0.717, 1.165) is 30.2 Å². The van der Waals surface area contributed by atoms with E-state index >= 15 is 0 Å². The molecule has 3 nitrogen and oxygen atoms in total. The van der Waals surface area contributed by atoms with E-state index in [0.29, 0.717) is 30.4 Å². The number of benzene rings is 2. The first-order chi connectivity index (χ1) is 12.0. The van der Waals surface area contributed by atoms with Crippen molar-refractivity contribution in [1.29, 1.82) is 0 Å². The highest BCUT2D eigenvalue weighted by Crippen LogP contribution is 2.36. The Morgan fingerprint density at radius 1 is 0.960 bits per heavy atom. The second-order valence-electron chi connectivity index (χ2n) is 6.06. The van der Waals surface area contributed by atoms with Crippen molar-refractivity contribution in [3.63, 3.8) is 0 Å². The van der Waals surface area contributed by atoms with E-state index in [4.69, 9.17) is 9.47 Å².